The molecule has 0 aromatic heterocycles. The number of sulfonamides is 1. The molecule has 114 valence electrons. The van der Waals surface area contributed by atoms with Crippen molar-refractivity contribution in [2.75, 3.05) is 6.54 Å². The molecule has 1 atom stereocenters. The molecule has 1 aliphatic carbocycles. The van der Waals surface area contributed by atoms with Crippen molar-refractivity contribution >= 4 is 34.0 Å². The molecule has 0 spiro atoms. The summed E-state index contributed by atoms with van der Waals surface area (Å²) in [5, 5.41) is 0.528. The van der Waals surface area contributed by atoms with Gasteiger partial charge in [-0.15, -0.1) is 12.4 Å². The first-order valence-corrected chi connectivity index (χ1v) is 8.15. The van der Waals surface area contributed by atoms with Gasteiger partial charge in [0.2, 0.25) is 10.0 Å². The van der Waals surface area contributed by atoms with Gasteiger partial charge in [0.25, 0.3) is 0 Å². The molecule has 1 fully saturated rings. The summed E-state index contributed by atoms with van der Waals surface area (Å²) in [5.74, 6) is 0.333. The van der Waals surface area contributed by atoms with E-state index in [1.54, 1.807) is 19.1 Å². The van der Waals surface area contributed by atoms with Crippen LogP contribution in [0.25, 0.3) is 0 Å². The molecule has 7 heteroatoms. The molecular formula is C13H20Cl2N2O2S. The van der Waals surface area contributed by atoms with Crippen LogP contribution in [0.4, 0.5) is 0 Å². The first kappa shape index (κ1) is 17.7. The third-order valence-corrected chi connectivity index (χ3v) is 5.70. The second-order valence-electron chi connectivity index (χ2n) is 5.41. The van der Waals surface area contributed by atoms with E-state index in [-0.39, 0.29) is 17.3 Å². The minimum Gasteiger partial charge on any atom is -0.329 e. The summed E-state index contributed by atoms with van der Waals surface area (Å²) < 4.78 is 27.7. The van der Waals surface area contributed by atoms with Gasteiger partial charge in [0.15, 0.2) is 0 Å². The van der Waals surface area contributed by atoms with Crippen molar-refractivity contribution in [3.05, 3.63) is 28.8 Å². The van der Waals surface area contributed by atoms with E-state index in [4.69, 9.17) is 17.3 Å². The molecule has 0 aliphatic heterocycles. The van der Waals surface area contributed by atoms with Gasteiger partial charge in [-0.2, -0.15) is 0 Å². The summed E-state index contributed by atoms with van der Waals surface area (Å²) in [6, 6.07) is 4.76. The third-order valence-electron chi connectivity index (χ3n) is 3.70. The summed E-state index contributed by atoms with van der Waals surface area (Å²) in [6.07, 6.45) is 2.05. The molecule has 1 aliphatic rings. The van der Waals surface area contributed by atoms with Crippen molar-refractivity contribution in [3.8, 4) is 0 Å². The first-order chi connectivity index (χ1) is 8.78. The topological polar surface area (TPSA) is 72.2 Å². The van der Waals surface area contributed by atoms with Crippen molar-refractivity contribution in [1.82, 2.24) is 4.72 Å². The van der Waals surface area contributed by atoms with Crippen LogP contribution in [0.2, 0.25) is 5.02 Å². The average Bonchev–Trinajstić information content (AvgIpc) is 3.11. The van der Waals surface area contributed by atoms with Crippen molar-refractivity contribution in [2.24, 2.45) is 11.7 Å². The Labute approximate surface area is 131 Å². The number of hydrogen-bond acceptors (Lipinski definition) is 3. The number of nitrogens with one attached hydrogen (secondary N) is 1. The number of halogens is 2. The predicted molar refractivity (Wildman–Crippen MR) is 83.9 cm³/mol. The Morgan fingerprint density at radius 2 is 2.05 bits per heavy atom. The Hall–Kier alpha value is -0.330. The fourth-order valence-corrected chi connectivity index (χ4v) is 4.22. The zero-order chi connectivity index (χ0) is 14.3. The van der Waals surface area contributed by atoms with Crippen LogP contribution in [-0.4, -0.2) is 20.5 Å². The van der Waals surface area contributed by atoms with Gasteiger partial charge in [-0.1, -0.05) is 11.6 Å². The van der Waals surface area contributed by atoms with E-state index >= 15 is 0 Å². The Kier molecular flexibility index (Phi) is 5.49. The Morgan fingerprint density at radius 1 is 1.45 bits per heavy atom. The monoisotopic (exact) mass is 338 g/mol. The standard InChI is InChI=1S/C13H19ClN2O2S.ClH/c1-9-7-11(14)5-6-12(9)19(17,18)16-13(2,8-15)10-3-4-10;/h5-7,10,16H,3-4,8,15H2,1-2H3;1H. The summed E-state index contributed by atoms with van der Waals surface area (Å²) in [7, 11) is -3.57. The van der Waals surface area contributed by atoms with E-state index in [0.717, 1.165) is 12.8 Å². The number of benzene rings is 1. The van der Waals surface area contributed by atoms with Crippen LogP contribution in [0.1, 0.15) is 25.3 Å². The van der Waals surface area contributed by atoms with Crippen LogP contribution in [0.3, 0.4) is 0 Å². The van der Waals surface area contributed by atoms with Crippen LogP contribution >= 0.6 is 24.0 Å². The smallest absolute Gasteiger partial charge is 0.241 e. The largest absolute Gasteiger partial charge is 0.329 e. The highest BCUT2D eigenvalue weighted by molar-refractivity contribution is 7.89. The molecule has 2 rings (SSSR count). The van der Waals surface area contributed by atoms with E-state index in [2.05, 4.69) is 4.72 Å². The maximum atomic E-state index is 12.5. The van der Waals surface area contributed by atoms with Crippen LogP contribution in [0, 0.1) is 12.8 Å². The SMILES string of the molecule is Cc1cc(Cl)ccc1S(=O)(=O)NC(C)(CN)C1CC1.Cl. The summed E-state index contributed by atoms with van der Waals surface area (Å²) >= 11 is 5.85. The molecule has 1 aromatic carbocycles. The molecule has 0 heterocycles. The lowest BCUT2D eigenvalue weighted by molar-refractivity contribution is 0.374. The van der Waals surface area contributed by atoms with Gasteiger partial charge < -0.3 is 5.73 Å². The van der Waals surface area contributed by atoms with E-state index in [9.17, 15) is 8.42 Å². The summed E-state index contributed by atoms with van der Waals surface area (Å²) in [5.41, 5.74) is 5.82. The average molecular weight is 339 g/mol. The zero-order valence-electron chi connectivity index (χ0n) is 11.5. The van der Waals surface area contributed by atoms with Gasteiger partial charge in [-0.3, -0.25) is 0 Å². The Morgan fingerprint density at radius 3 is 2.50 bits per heavy atom. The lowest BCUT2D eigenvalue weighted by Crippen LogP contribution is -2.53. The fourth-order valence-electron chi connectivity index (χ4n) is 2.29. The van der Waals surface area contributed by atoms with E-state index < -0.39 is 15.6 Å². The zero-order valence-corrected chi connectivity index (χ0v) is 13.9. The highest BCUT2D eigenvalue weighted by Gasteiger charge is 2.43. The number of aryl methyl sites for hydroxylation is 1. The lowest BCUT2D eigenvalue weighted by Gasteiger charge is -2.29. The summed E-state index contributed by atoms with van der Waals surface area (Å²) in [6.45, 7) is 3.90. The highest BCUT2D eigenvalue weighted by atomic mass is 35.5. The van der Waals surface area contributed by atoms with Gasteiger partial charge in [0, 0.05) is 17.1 Å². The van der Waals surface area contributed by atoms with Crippen molar-refractivity contribution in [2.45, 2.75) is 37.1 Å². The van der Waals surface area contributed by atoms with Gasteiger partial charge in [-0.25, -0.2) is 13.1 Å². The second-order valence-corrected chi connectivity index (χ2v) is 7.50. The molecule has 0 radical (unpaired) electrons. The van der Waals surface area contributed by atoms with Gasteiger partial charge in [0.1, 0.15) is 0 Å². The maximum absolute atomic E-state index is 12.5. The van der Waals surface area contributed by atoms with Crippen molar-refractivity contribution < 1.29 is 8.42 Å². The number of rotatable bonds is 5. The van der Waals surface area contributed by atoms with Crippen molar-refractivity contribution in [1.29, 1.82) is 0 Å². The molecule has 4 nitrogen and oxygen atoms in total. The molecule has 1 saturated carbocycles. The Balaban J connectivity index is 0.00000200. The molecule has 1 unspecified atom stereocenters. The highest BCUT2D eigenvalue weighted by Crippen LogP contribution is 2.39. The van der Waals surface area contributed by atoms with E-state index in [1.165, 1.54) is 6.07 Å². The van der Waals surface area contributed by atoms with Crippen LogP contribution in [0.5, 0.6) is 0 Å². The number of nitrogens with two attached hydrogens (primary N) is 1. The van der Waals surface area contributed by atoms with Crippen LogP contribution in [0.15, 0.2) is 23.1 Å². The minimum absolute atomic E-state index is 0. The first-order valence-electron chi connectivity index (χ1n) is 6.29. The maximum Gasteiger partial charge on any atom is 0.241 e. The van der Waals surface area contributed by atoms with Crippen LogP contribution < -0.4 is 10.5 Å². The lowest BCUT2D eigenvalue weighted by atomic mass is 9.98. The molecule has 0 amide bonds. The number of hydrogen-bond donors (Lipinski definition) is 2. The van der Waals surface area contributed by atoms with Gasteiger partial charge in [-0.05, 0) is 56.4 Å². The van der Waals surface area contributed by atoms with Crippen molar-refractivity contribution in [3.63, 3.8) is 0 Å². The Bertz CT molecular complexity index is 588. The molecule has 0 bridgehead atoms. The second kappa shape index (κ2) is 6.20. The third kappa shape index (κ3) is 3.65. The van der Waals surface area contributed by atoms with E-state index in [0.29, 0.717) is 23.0 Å². The molecule has 1 aromatic rings. The van der Waals surface area contributed by atoms with Gasteiger partial charge in [0.05, 0.1) is 4.90 Å². The minimum atomic E-state index is -3.57. The molecular weight excluding hydrogens is 319 g/mol. The van der Waals surface area contributed by atoms with Gasteiger partial charge >= 0.3 is 0 Å². The predicted octanol–water partition coefficient (Wildman–Crippen LogP) is 2.48. The quantitative estimate of drug-likeness (QED) is 0.866. The molecule has 0 saturated heterocycles. The molecule has 20 heavy (non-hydrogen) atoms. The molecule has 3 N–H and O–H groups in total. The normalized spacial score (nSPS) is 18.2. The van der Waals surface area contributed by atoms with Crippen LogP contribution in [-0.2, 0) is 10.0 Å². The van der Waals surface area contributed by atoms with E-state index in [1.807, 2.05) is 6.92 Å². The fraction of sp³-hybridized carbons (Fsp3) is 0.538. The summed E-state index contributed by atoms with van der Waals surface area (Å²) in [4.78, 5) is 0.261.